The highest BCUT2D eigenvalue weighted by Crippen LogP contribution is 2.32. The summed E-state index contributed by atoms with van der Waals surface area (Å²) in [6.07, 6.45) is 0. The third-order valence-electron chi connectivity index (χ3n) is 4.09. The minimum atomic E-state index is 0.831. The Labute approximate surface area is 169 Å². The van der Waals surface area contributed by atoms with E-state index >= 15 is 0 Å². The van der Waals surface area contributed by atoms with Gasteiger partial charge in [-0.15, -0.1) is 0 Å². The maximum atomic E-state index is 5.91. The first kappa shape index (κ1) is 18.2. The van der Waals surface area contributed by atoms with Gasteiger partial charge in [-0.1, -0.05) is 42.1 Å². The average molecular weight is 385 g/mol. The monoisotopic (exact) mass is 384 g/mol. The number of benzene rings is 4. The Balaban J connectivity index is 1.37. The van der Waals surface area contributed by atoms with E-state index in [9.17, 15) is 0 Å². The molecule has 4 aromatic carbocycles. The van der Waals surface area contributed by atoms with Gasteiger partial charge in [0, 0.05) is 9.79 Å². The van der Waals surface area contributed by atoms with E-state index in [1.807, 2.05) is 72.8 Å². The summed E-state index contributed by atoms with van der Waals surface area (Å²) < 4.78 is 11.7. The van der Waals surface area contributed by atoms with Crippen molar-refractivity contribution in [1.29, 1.82) is 0 Å². The van der Waals surface area contributed by atoms with Crippen molar-refractivity contribution in [1.82, 2.24) is 0 Å². The molecule has 2 nitrogen and oxygen atoms in total. The predicted molar refractivity (Wildman–Crippen MR) is 115 cm³/mol. The molecule has 138 valence electrons. The second-order valence-corrected chi connectivity index (χ2v) is 7.53. The maximum Gasteiger partial charge on any atom is 0.127 e. The number of aryl methyl sites for hydroxylation is 1. The molecule has 0 fully saturated rings. The summed E-state index contributed by atoms with van der Waals surface area (Å²) in [6.45, 7) is 2.06. The third-order valence-corrected chi connectivity index (χ3v) is 5.10. The summed E-state index contributed by atoms with van der Waals surface area (Å²) in [4.78, 5) is 2.32. The van der Waals surface area contributed by atoms with Crippen molar-refractivity contribution in [3.63, 3.8) is 0 Å². The van der Waals surface area contributed by atoms with Gasteiger partial charge in [0.25, 0.3) is 0 Å². The van der Waals surface area contributed by atoms with E-state index in [-0.39, 0.29) is 0 Å². The van der Waals surface area contributed by atoms with E-state index in [0.29, 0.717) is 0 Å². The van der Waals surface area contributed by atoms with Crippen molar-refractivity contribution >= 4 is 11.8 Å². The second-order valence-electron chi connectivity index (χ2n) is 6.38. The lowest BCUT2D eigenvalue weighted by molar-refractivity contribution is 0.482. The van der Waals surface area contributed by atoms with E-state index in [4.69, 9.17) is 9.47 Å². The van der Waals surface area contributed by atoms with Gasteiger partial charge >= 0.3 is 0 Å². The lowest BCUT2D eigenvalue weighted by atomic mass is 10.2. The highest BCUT2D eigenvalue weighted by atomic mass is 32.2. The normalized spacial score (nSPS) is 10.5. The smallest absolute Gasteiger partial charge is 0.127 e. The van der Waals surface area contributed by atoms with Crippen LogP contribution in [0.25, 0.3) is 0 Å². The van der Waals surface area contributed by atoms with Gasteiger partial charge in [0.05, 0.1) is 0 Å². The Morgan fingerprint density at radius 2 is 1.00 bits per heavy atom. The van der Waals surface area contributed by atoms with Gasteiger partial charge in [-0.3, -0.25) is 0 Å². The molecular formula is C25H20O2S. The van der Waals surface area contributed by atoms with Crippen LogP contribution in [0.15, 0.2) is 113 Å². The van der Waals surface area contributed by atoms with E-state index in [1.165, 1.54) is 5.56 Å². The molecule has 4 rings (SSSR count). The van der Waals surface area contributed by atoms with Crippen LogP contribution in [-0.2, 0) is 0 Å². The summed E-state index contributed by atoms with van der Waals surface area (Å²) in [5.41, 5.74) is 1.18. The van der Waals surface area contributed by atoms with Crippen LogP contribution in [0, 0.1) is 6.92 Å². The number of hydrogen-bond donors (Lipinski definition) is 0. The van der Waals surface area contributed by atoms with E-state index in [1.54, 1.807) is 11.8 Å². The van der Waals surface area contributed by atoms with E-state index in [0.717, 1.165) is 32.8 Å². The van der Waals surface area contributed by atoms with Crippen LogP contribution >= 0.6 is 11.8 Å². The molecule has 3 heteroatoms. The van der Waals surface area contributed by atoms with Crippen molar-refractivity contribution in [3.05, 3.63) is 109 Å². The Kier molecular flexibility index (Phi) is 5.64. The molecule has 0 bridgehead atoms. The van der Waals surface area contributed by atoms with Crippen LogP contribution < -0.4 is 9.47 Å². The first-order chi connectivity index (χ1) is 13.7. The molecule has 0 aliphatic heterocycles. The Morgan fingerprint density at radius 1 is 0.500 bits per heavy atom. The van der Waals surface area contributed by atoms with Gasteiger partial charge in [-0.25, -0.2) is 0 Å². The molecule has 0 aliphatic rings. The molecule has 0 amide bonds. The summed E-state index contributed by atoms with van der Waals surface area (Å²) >= 11 is 1.71. The lowest BCUT2D eigenvalue weighted by Gasteiger charge is -2.08. The zero-order chi connectivity index (χ0) is 19.2. The van der Waals surface area contributed by atoms with Gasteiger partial charge in [-0.05, 0) is 85.3 Å². The highest BCUT2D eigenvalue weighted by molar-refractivity contribution is 7.99. The van der Waals surface area contributed by atoms with Crippen molar-refractivity contribution in [2.24, 2.45) is 0 Å². The van der Waals surface area contributed by atoms with Gasteiger partial charge in [0.15, 0.2) is 0 Å². The fourth-order valence-corrected chi connectivity index (χ4v) is 3.54. The van der Waals surface area contributed by atoms with Gasteiger partial charge in [-0.2, -0.15) is 0 Å². The molecule has 28 heavy (non-hydrogen) atoms. The van der Waals surface area contributed by atoms with Crippen molar-refractivity contribution in [2.75, 3.05) is 0 Å². The zero-order valence-corrected chi connectivity index (χ0v) is 16.4. The molecule has 0 aliphatic carbocycles. The maximum absolute atomic E-state index is 5.91. The average Bonchev–Trinajstić information content (AvgIpc) is 2.72. The van der Waals surface area contributed by atoms with Gasteiger partial charge in [0.2, 0.25) is 0 Å². The van der Waals surface area contributed by atoms with Crippen LogP contribution in [0.3, 0.4) is 0 Å². The molecule has 0 spiro atoms. The summed E-state index contributed by atoms with van der Waals surface area (Å²) in [5.74, 6) is 3.36. The number of rotatable bonds is 6. The van der Waals surface area contributed by atoms with Crippen LogP contribution in [-0.4, -0.2) is 0 Å². The first-order valence-electron chi connectivity index (χ1n) is 9.10. The molecule has 0 saturated carbocycles. The molecular weight excluding hydrogens is 364 g/mol. The highest BCUT2D eigenvalue weighted by Gasteiger charge is 2.02. The predicted octanol–water partition coefficient (Wildman–Crippen LogP) is 7.73. The second kappa shape index (κ2) is 8.68. The van der Waals surface area contributed by atoms with Crippen LogP contribution in [0.1, 0.15) is 5.56 Å². The molecule has 0 atom stereocenters. The molecule has 4 aromatic rings. The molecule has 0 heterocycles. The Hall–Kier alpha value is -3.17. The fourth-order valence-electron chi connectivity index (χ4n) is 2.73. The topological polar surface area (TPSA) is 18.5 Å². The standard InChI is InChI=1S/C25H20O2S/c1-19-6-5-9-23(18-19)27-22-12-16-25(17-13-22)28-24-14-10-21(11-15-24)26-20-7-3-2-4-8-20/h2-18H,1H3. The largest absolute Gasteiger partial charge is 0.457 e. The third kappa shape index (κ3) is 4.96. The quantitative estimate of drug-likeness (QED) is 0.339. The van der Waals surface area contributed by atoms with Crippen molar-refractivity contribution < 1.29 is 9.47 Å². The summed E-state index contributed by atoms with van der Waals surface area (Å²) in [5, 5.41) is 0. The summed E-state index contributed by atoms with van der Waals surface area (Å²) in [7, 11) is 0. The van der Waals surface area contributed by atoms with Crippen LogP contribution in [0.4, 0.5) is 0 Å². The SMILES string of the molecule is Cc1cccc(Oc2ccc(Sc3ccc(Oc4ccccc4)cc3)cc2)c1. The van der Waals surface area contributed by atoms with Crippen LogP contribution in [0.2, 0.25) is 0 Å². The molecule has 0 unspecified atom stereocenters. The Morgan fingerprint density at radius 3 is 1.57 bits per heavy atom. The molecule has 0 aromatic heterocycles. The molecule has 0 radical (unpaired) electrons. The first-order valence-corrected chi connectivity index (χ1v) is 9.92. The number of hydrogen-bond acceptors (Lipinski definition) is 3. The zero-order valence-electron chi connectivity index (χ0n) is 15.5. The minimum Gasteiger partial charge on any atom is -0.457 e. The van der Waals surface area contributed by atoms with Crippen molar-refractivity contribution in [3.8, 4) is 23.0 Å². The van der Waals surface area contributed by atoms with Gasteiger partial charge < -0.3 is 9.47 Å². The lowest BCUT2D eigenvalue weighted by Crippen LogP contribution is -1.85. The Bertz CT molecular complexity index is 1030. The number of ether oxygens (including phenoxy) is 2. The van der Waals surface area contributed by atoms with Crippen molar-refractivity contribution in [2.45, 2.75) is 16.7 Å². The van der Waals surface area contributed by atoms with Gasteiger partial charge in [0.1, 0.15) is 23.0 Å². The van der Waals surface area contributed by atoms with E-state index < -0.39 is 0 Å². The summed E-state index contributed by atoms with van der Waals surface area (Å²) in [6, 6.07) is 34.1. The minimum absolute atomic E-state index is 0.831. The molecule has 0 N–H and O–H groups in total. The van der Waals surface area contributed by atoms with Crippen LogP contribution in [0.5, 0.6) is 23.0 Å². The van der Waals surface area contributed by atoms with E-state index in [2.05, 4.69) is 37.3 Å². The fraction of sp³-hybridized carbons (Fsp3) is 0.0400. The number of para-hydroxylation sites is 1. The molecule has 0 saturated heterocycles.